The van der Waals surface area contributed by atoms with Crippen LogP contribution in [0.2, 0.25) is 5.02 Å². The second-order valence-corrected chi connectivity index (χ2v) is 7.27. The molecule has 0 saturated carbocycles. The number of hydrogen-bond donors (Lipinski definition) is 2. The van der Waals surface area contributed by atoms with Crippen LogP contribution in [0, 0.1) is 11.8 Å². The maximum absolute atomic E-state index is 12.4. The highest BCUT2D eigenvalue weighted by Crippen LogP contribution is 2.25. The van der Waals surface area contributed by atoms with Gasteiger partial charge in [0, 0.05) is 18.6 Å². The Hall–Kier alpha value is -0.810. The molecule has 6 heteroatoms. The molecule has 142 valence electrons. The smallest absolute Gasteiger partial charge is 0.220 e. The van der Waals surface area contributed by atoms with Crippen LogP contribution >= 0.6 is 24.0 Å². The van der Waals surface area contributed by atoms with Crippen LogP contribution in [-0.4, -0.2) is 32.1 Å². The molecule has 0 aliphatic carbocycles. The van der Waals surface area contributed by atoms with Gasteiger partial charge >= 0.3 is 0 Å². The molecule has 2 rings (SSSR count). The van der Waals surface area contributed by atoms with E-state index in [1.54, 1.807) is 7.11 Å². The van der Waals surface area contributed by atoms with E-state index < -0.39 is 0 Å². The molecule has 1 aliphatic rings. The van der Waals surface area contributed by atoms with Crippen LogP contribution in [0.5, 0.6) is 0 Å². The second kappa shape index (κ2) is 11.0. The standard InChI is InChI=1S/C19H29ClN2O2.ClH/c1-13(15-8-10-21-11-9-15)12-18(23)22-14(2)19(24-3)16-4-6-17(20)7-5-16;/h4-7,13-15,19,21H,8-12H2,1-3H3,(H,22,23);1H. The molecule has 1 aliphatic heterocycles. The molecule has 1 heterocycles. The molecule has 0 aromatic heterocycles. The van der Waals surface area contributed by atoms with Crippen LogP contribution in [0.4, 0.5) is 0 Å². The van der Waals surface area contributed by atoms with E-state index in [1.165, 1.54) is 0 Å². The number of methoxy groups -OCH3 is 1. The van der Waals surface area contributed by atoms with Gasteiger partial charge in [-0.25, -0.2) is 0 Å². The highest BCUT2D eigenvalue weighted by molar-refractivity contribution is 6.30. The van der Waals surface area contributed by atoms with Crippen LogP contribution < -0.4 is 10.6 Å². The number of ether oxygens (including phenoxy) is 1. The Morgan fingerprint density at radius 3 is 2.44 bits per heavy atom. The summed E-state index contributed by atoms with van der Waals surface area (Å²) in [5.74, 6) is 1.15. The highest BCUT2D eigenvalue weighted by atomic mass is 35.5. The van der Waals surface area contributed by atoms with Crippen molar-refractivity contribution in [3.8, 4) is 0 Å². The highest BCUT2D eigenvalue weighted by Gasteiger charge is 2.25. The zero-order valence-electron chi connectivity index (χ0n) is 15.3. The molecule has 2 N–H and O–H groups in total. The number of rotatable bonds is 7. The lowest BCUT2D eigenvalue weighted by molar-refractivity contribution is -0.124. The fourth-order valence-electron chi connectivity index (χ4n) is 3.54. The third kappa shape index (κ3) is 6.78. The van der Waals surface area contributed by atoms with E-state index in [4.69, 9.17) is 16.3 Å². The number of amides is 1. The molecule has 3 unspecified atom stereocenters. The van der Waals surface area contributed by atoms with Crippen molar-refractivity contribution in [3.05, 3.63) is 34.9 Å². The summed E-state index contributed by atoms with van der Waals surface area (Å²) in [5.41, 5.74) is 1.01. The summed E-state index contributed by atoms with van der Waals surface area (Å²) in [7, 11) is 1.67. The van der Waals surface area contributed by atoms with Gasteiger partial charge < -0.3 is 15.4 Å². The van der Waals surface area contributed by atoms with Crippen molar-refractivity contribution >= 4 is 29.9 Å². The van der Waals surface area contributed by atoms with Crippen LogP contribution in [0.25, 0.3) is 0 Å². The topological polar surface area (TPSA) is 50.4 Å². The molecule has 1 aromatic carbocycles. The number of benzene rings is 1. The van der Waals surface area contributed by atoms with Crippen molar-refractivity contribution in [1.29, 1.82) is 0 Å². The summed E-state index contributed by atoms with van der Waals surface area (Å²) >= 11 is 5.94. The van der Waals surface area contributed by atoms with Gasteiger partial charge in [-0.05, 0) is 62.4 Å². The summed E-state index contributed by atoms with van der Waals surface area (Å²) in [4.78, 5) is 12.4. The van der Waals surface area contributed by atoms with Crippen LogP contribution in [0.15, 0.2) is 24.3 Å². The molecule has 1 fully saturated rings. The van der Waals surface area contributed by atoms with Gasteiger partial charge in [0.15, 0.2) is 0 Å². The molecule has 1 aromatic rings. The van der Waals surface area contributed by atoms with E-state index in [0.717, 1.165) is 31.5 Å². The molecule has 4 nitrogen and oxygen atoms in total. The summed E-state index contributed by atoms with van der Waals surface area (Å²) < 4.78 is 5.59. The second-order valence-electron chi connectivity index (χ2n) is 6.83. The van der Waals surface area contributed by atoms with Crippen LogP contribution in [-0.2, 0) is 9.53 Å². The van der Waals surface area contributed by atoms with E-state index in [1.807, 2.05) is 31.2 Å². The molecule has 1 amide bonds. The Bertz CT molecular complexity index is 519. The number of piperidine rings is 1. The number of halogens is 2. The van der Waals surface area contributed by atoms with Crippen molar-refractivity contribution in [2.45, 2.75) is 45.3 Å². The Kier molecular flexibility index (Phi) is 9.80. The van der Waals surface area contributed by atoms with Crippen molar-refractivity contribution in [1.82, 2.24) is 10.6 Å². The first kappa shape index (κ1) is 22.2. The van der Waals surface area contributed by atoms with E-state index in [9.17, 15) is 4.79 Å². The SMILES string of the molecule is COC(c1ccc(Cl)cc1)C(C)NC(=O)CC(C)C1CCNCC1.Cl. The first-order chi connectivity index (χ1) is 11.5. The predicted octanol–water partition coefficient (Wildman–Crippen LogP) is 3.98. The Morgan fingerprint density at radius 1 is 1.28 bits per heavy atom. The molecule has 0 radical (unpaired) electrons. The van der Waals surface area contributed by atoms with Gasteiger partial charge in [-0.3, -0.25) is 4.79 Å². The number of hydrogen-bond acceptors (Lipinski definition) is 3. The lowest BCUT2D eigenvalue weighted by Crippen LogP contribution is -2.39. The van der Waals surface area contributed by atoms with Crippen molar-refractivity contribution in [2.24, 2.45) is 11.8 Å². The molecule has 0 spiro atoms. The third-order valence-electron chi connectivity index (χ3n) is 4.99. The van der Waals surface area contributed by atoms with Gasteiger partial charge in [-0.15, -0.1) is 12.4 Å². The number of nitrogens with one attached hydrogen (secondary N) is 2. The minimum Gasteiger partial charge on any atom is -0.375 e. The van der Waals surface area contributed by atoms with Gasteiger partial charge in [0.05, 0.1) is 6.04 Å². The van der Waals surface area contributed by atoms with Gasteiger partial charge in [-0.1, -0.05) is 30.7 Å². The van der Waals surface area contributed by atoms with E-state index in [0.29, 0.717) is 23.3 Å². The zero-order chi connectivity index (χ0) is 17.5. The lowest BCUT2D eigenvalue weighted by atomic mass is 9.84. The van der Waals surface area contributed by atoms with E-state index in [2.05, 4.69) is 17.6 Å². The first-order valence-electron chi connectivity index (χ1n) is 8.79. The first-order valence-corrected chi connectivity index (χ1v) is 9.17. The fourth-order valence-corrected chi connectivity index (χ4v) is 3.67. The average Bonchev–Trinajstić information content (AvgIpc) is 2.58. The largest absolute Gasteiger partial charge is 0.375 e. The molecular formula is C19H30Cl2N2O2. The zero-order valence-corrected chi connectivity index (χ0v) is 16.8. The van der Waals surface area contributed by atoms with Gasteiger partial charge in [0.1, 0.15) is 6.10 Å². The Morgan fingerprint density at radius 2 is 1.88 bits per heavy atom. The number of carbonyl (C=O) groups is 1. The maximum atomic E-state index is 12.4. The molecule has 0 bridgehead atoms. The minimum absolute atomic E-state index is 0. The Labute approximate surface area is 162 Å². The van der Waals surface area contributed by atoms with Crippen LogP contribution in [0.1, 0.15) is 44.8 Å². The van der Waals surface area contributed by atoms with Gasteiger partial charge in [-0.2, -0.15) is 0 Å². The minimum atomic E-state index is -0.180. The monoisotopic (exact) mass is 388 g/mol. The van der Waals surface area contributed by atoms with E-state index >= 15 is 0 Å². The molecule has 3 atom stereocenters. The summed E-state index contributed by atoms with van der Waals surface area (Å²) in [5, 5.41) is 7.17. The van der Waals surface area contributed by atoms with Crippen molar-refractivity contribution in [2.75, 3.05) is 20.2 Å². The quantitative estimate of drug-likeness (QED) is 0.742. The fraction of sp³-hybridized carbons (Fsp3) is 0.632. The molecular weight excluding hydrogens is 359 g/mol. The lowest BCUT2D eigenvalue weighted by Gasteiger charge is -2.29. The third-order valence-corrected chi connectivity index (χ3v) is 5.24. The maximum Gasteiger partial charge on any atom is 0.220 e. The number of carbonyl (C=O) groups excluding carboxylic acids is 1. The van der Waals surface area contributed by atoms with Crippen molar-refractivity contribution in [3.63, 3.8) is 0 Å². The molecule has 25 heavy (non-hydrogen) atoms. The summed E-state index contributed by atoms with van der Waals surface area (Å²) in [6, 6.07) is 7.48. The summed E-state index contributed by atoms with van der Waals surface area (Å²) in [6.45, 7) is 6.30. The Balaban J connectivity index is 0.00000312. The van der Waals surface area contributed by atoms with Gasteiger partial charge in [0.2, 0.25) is 5.91 Å². The van der Waals surface area contributed by atoms with Crippen molar-refractivity contribution < 1.29 is 9.53 Å². The predicted molar refractivity (Wildman–Crippen MR) is 105 cm³/mol. The normalized spacial score (nSPS) is 18.7. The average molecular weight is 389 g/mol. The summed E-state index contributed by atoms with van der Waals surface area (Å²) in [6.07, 6.45) is 2.72. The van der Waals surface area contributed by atoms with Gasteiger partial charge in [0.25, 0.3) is 0 Å². The van der Waals surface area contributed by atoms with E-state index in [-0.39, 0.29) is 30.5 Å². The molecule has 1 saturated heterocycles. The van der Waals surface area contributed by atoms with Crippen LogP contribution in [0.3, 0.4) is 0 Å².